The first-order chi connectivity index (χ1) is 17.7. The lowest BCUT2D eigenvalue weighted by Crippen LogP contribution is -2.36. The van der Waals surface area contributed by atoms with E-state index in [-0.39, 0.29) is 0 Å². The molecular weight excluding hydrogens is 454 g/mol. The molecule has 0 spiro atoms. The molecule has 5 rings (SSSR count). The van der Waals surface area contributed by atoms with Crippen molar-refractivity contribution in [3.05, 3.63) is 59.7 Å². The molecule has 2 fully saturated rings. The number of nitrogens with one attached hydrogen (secondary N) is 4. The number of hydrazine groups is 1. The van der Waals surface area contributed by atoms with Crippen molar-refractivity contribution >= 4 is 23.7 Å². The lowest BCUT2D eigenvalue weighted by atomic mass is 9.81. The number of allylic oxidation sites excluding steroid dienone is 3. The quantitative estimate of drug-likeness (QED) is 0.343. The summed E-state index contributed by atoms with van der Waals surface area (Å²) in [6.45, 7) is 11.4. The molecule has 1 aliphatic carbocycles. The van der Waals surface area contributed by atoms with Crippen LogP contribution in [-0.4, -0.2) is 60.6 Å². The molecule has 2 saturated heterocycles. The fourth-order valence-corrected chi connectivity index (χ4v) is 4.52. The highest BCUT2D eigenvalue weighted by Crippen LogP contribution is 2.31. The van der Waals surface area contributed by atoms with Crippen molar-refractivity contribution in [1.29, 1.82) is 0 Å². The first-order valence-electron chi connectivity index (χ1n) is 12.8. The summed E-state index contributed by atoms with van der Waals surface area (Å²) >= 11 is 0. The van der Waals surface area contributed by atoms with Gasteiger partial charge in [-0.25, -0.2) is 10.4 Å². The van der Waals surface area contributed by atoms with E-state index >= 15 is 0 Å². The Balaban J connectivity index is 0.00000148. The number of morpholine rings is 1. The van der Waals surface area contributed by atoms with Crippen molar-refractivity contribution in [2.75, 3.05) is 55.0 Å². The summed E-state index contributed by atoms with van der Waals surface area (Å²) in [4.78, 5) is 15.4. The van der Waals surface area contributed by atoms with Gasteiger partial charge in [0.2, 0.25) is 5.95 Å². The van der Waals surface area contributed by atoms with Gasteiger partial charge in [0, 0.05) is 38.1 Å². The zero-order valence-electron chi connectivity index (χ0n) is 21.4. The number of pyridine rings is 1. The molecule has 0 bridgehead atoms. The molecular formula is C26H37N9O. The van der Waals surface area contributed by atoms with Gasteiger partial charge in [-0.3, -0.25) is 15.8 Å². The SMILES string of the molecule is CC.CC1=CC(Nc2ccc(/C=N/Nc3nccc(N4CCOCC4)n3)nc2)=CCC1C1CNNC1. The lowest BCUT2D eigenvalue weighted by molar-refractivity contribution is 0.122. The normalized spacial score (nSPS) is 20.4. The smallest absolute Gasteiger partial charge is 0.245 e. The largest absolute Gasteiger partial charge is 0.378 e. The molecule has 36 heavy (non-hydrogen) atoms. The van der Waals surface area contributed by atoms with Gasteiger partial charge in [0.15, 0.2) is 0 Å². The van der Waals surface area contributed by atoms with Crippen LogP contribution in [0.2, 0.25) is 0 Å². The Hall–Kier alpha value is -3.34. The highest BCUT2D eigenvalue weighted by Gasteiger charge is 2.27. The minimum absolute atomic E-state index is 0.451. The lowest BCUT2D eigenvalue weighted by Gasteiger charge is -2.27. The molecule has 2 aromatic rings. The van der Waals surface area contributed by atoms with E-state index in [0.717, 1.165) is 55.5 Å². The number of hydrogen-bond donors (Lipinski definition) is 4. The van der Waals surface area contributed by atoms with Crippen LogP contribution in [0.5, 0.6) is 0 Å². The molecule has 10 heteroatoms. The van der Waals surface area contributed by atoms with Gasteiger partial charge in [0.25, 0.3) is 0 Å². The van der Waals surface area contributed by atoms with E-state index in [4.69, 9.17) is 4.74 Å². The molecule has 2 aliphatic heterocycles. The van der Waals surface area contributed by atoms with Crippen LogP contribution in [0.4, 0.5) is 17.5 Å². The van der Waals surface area contributed by atoms with Crippen LogP contribution >= 0.6 is 0 Å². The summed E-state index contributed by atoms with van der Waals surface area (Å²) in [5, 5.41) is 7.71. The summed E-state index contributed by atoms with van der Waals surface area (Å²) < 4.78 is 5.40. The Bertz CT molecular complexity index is 1060. The van der Waals surface area contributed by atoms with Crippen LogP contribution in [0.15, 0.2) is 59.1 Å². The Labute approximate surface area is 213 Å². The fraction of sp³-hybridized carbons (Fsp3) is 0.462. The number of nitrogens with zero attached hydrogens (tertiary/aromatic N) is 5. The number of aromatic nitrogens is 3. The van der Waals surface area contributed by atoms with Crippen LogP contribution in [-0.2, 0) is 4.74 Å². The Kier molecular flexibility index (Phi) is 9.37. The van der Waals surface area contributed by atoms with E-state index in [2.05, 4.69) is 65.6 Å². The number of ether oxygens (including phenoxy) is 1. The van der Waals surface area contributed by atoms with E-state index in [1.165, 1.54) is 5.57 Å². The zero-order chi connectivity index (χ0) is 25.2. The topological polar surface area (TPSA) is 112 Å². The maximum Gasteiger partial charge on any atom is 0.245 e. The van der Waals surface area contributed by atoms with Gasteiger partial charge >= 0.3 is 0 Å². The van der Waals surface area contributed by atoms with Gasteiger partial charge in [-0.2, -0.15) is 10.1 Å². The van der Waals surface area contributed by atoms with Crippen molar-refractivity contribution in [1.82, 2.24) is 25.8 Å². The van der Waals surface area contributed by atoms with Gasteiger partial charge in [0.1, 0.15) is 5.82 Å². The standard InChI is InChI=1S/C24H31N9O.C2H6/c1-17-12-19(4-5-22(17)18-13-27-28-14-18)30-21-3-2-20(26-15-21)16-29-32-24-25-7-6-23(31-24)33-8-10-34-11-9-33;1-2/h2-4,6-7,12,15-16,18,22,27-28,30H,5,8-11,13-14H2,1H3,(H,25,31,32);1-2H3/b29-16+;. The highest BCUT2D eigenvalue weighted by atomic mass is 16.5. The van der Waals surface area contributed by atoms with Crippen LogP contribution in [0, 0.1) is 11.8 Å². The first-order valence-corrected chi connectivity index (χ1v) is 12.8. The second-order valence-corrected chi connectivity index (χ2v) is 8.72. The molecule has 1 unspecified atom stereocenters. The van der Waals surface area contributed by atoms with Crippen LogP contribution in [0.1, 0.15) is 32.9 Å². The minimum Gasteiger partial charge on any atom is -0.378 e. The van der Waals surface area contributed by atoms with Crippen molar-refractivity contribution < 1.29 is 4.74 Å². The molecule has 0 radical (unpaired) electrons. The molecule has 2 aromatic heterocycles. The molecule has 0 saturated carbocycles. The van der Waals surface area contributed by atoms with Gasteiger partial charge in [-0.15, -0.1) is 0 Å². The van der Waals surface area contributed by atoms with Crippen LogP contribution in [0.3, 0.4) is 0 Å². The van der Waals surface area contributed by atoms with Gasteiger partial charge in [-0.05, 0) is 49.5 Å². The van der Waals surface area contributed by atoms with E-state index in [1.54, 1.807) is 12.4 Å². The molecule has 0 amide bonds. The van der Waals surface area contributed by atoms with Crippen molar-refractivity contribution in [2.45, 2.75) is 27.2 Å². The third-order valence-corrected chi connectivity index (χ3v) is 6.39. The average Bonchev–Trinajstić information content (AvgIpc) is 3.46. The summed E-state index contributed by atoms with van der Waals surface area (Å²) in [6.07, 6.45) is 10.8. The minimum atomic E-state index is 0.451. The molecule has 1 atom stereocenters. The Morgan fingerprint density at radius 1 is 1.11 bits per heavy atom. The summed E-state index contributed by atoms with van der Waals surface area (Å²) in [6, 6.07) is 5.83. The van der Waals surface area contributed by atoms with E-state index < -0.39 is 0 Å². The third-order valence-electron chi connectivity index (χ3n) is 6.39. The summed E-state index contributed by atoms with van der Waals surface area (Å²) in [5.74, 6) is 2.56. The maximum atomic E-state index is 5.40. The van der Waals surface area contributed by atoms with Gasteiger partial charge in [-0.1, -0.05) is 25.5 Å². The van der Waals surface area contributed by atoms with Gasteiger partial charge < -0.3 is 15.0 Å². The maximum absolute atomic E-state index is 5.40. The molecule has 4 heterocycles. The predicted molar refractivity (Wildman–Crippen MR) is 145 cm³/mol. The second kappa shape index (κ2) is 13.1. The molecule has 3 aliphatic rings. The molecule has 4 N–H and O–H groups in total. The molecule has 0 aromatic carbocycles. The monoisotopic (exact) mass is 491 g/mol. The predicted octanol–water partition coefficient (Wildman–Crippen LogP) is 3.17. The number of rotatable bonds is 7. The Morgan fingerprint density at radius 2 is 1.92 bits per heavy atom. The van der Waals surface area contributed by atoms with Crippen molar-refractivity contribution in [3.63, 3.8) is 0 Å². The van der Waals surface area contributed by atoms with Crippen LogP contribution in [0.25, 0.3) is 0 Å². The fourth-order valence-electron chi connectivity index (χ4n) is 4.52. The average molecular weight is 492 g/mol. The first kappa shape index (κ1) is 25.7. The van der Waals surface area contributed by atoms with E-state index in [0.29, 0.717) is 31.0 Å². The summed E-state index contributed by atoms with van der Waals surface area (Å²) in [7, 11) is 0. The van der Waals surface area contributed by atoms with Crippen molar-refractivity contribution in [2.24, 2.45) is 16.9 Å². The molecule has 192 valence electrons. The van der Waals surface area contributed by atoms with Gasteiger partial charge in [0.05, 0.1) is 37.0 Å². The van der Waals surface area contributed by atoms with E-state index in [1.807, 2.05) is 38.2 Å². The number of hydrogen-bond acceptors (Lipinski definition) is 10. The Morgan fingerprint density at radius 3 is 2.64 bits per heavy atom. The highest BCUT2D eigenvalue weighted by molar-refractivity contribution is 5.78. The molecule has 10 nitrogen and oxygen atoms in total. The van der Waals surface area contributed by atoms with Crippen LogP contribution < -0.4 is 26.5 Å². The number of hydrazone groups is 1. The summed E-state index contributed by atoms with van der Waals surface area (Å²) in [5.41, 5.74) is 13.6. The van der Waals surface area contributed by atoms with E-state index in [9.17, 15) is 0 Å². The third kappa shape index (κ3) is 6.87. The zero-order valence-corrected chi connectivity index (χ0v) is 21.4. The second-order valence-electron chi connectivity index (χ2n) is 8.72. The number of anilines is 3. The van der Waals surface area contributed by atoms with Crippen molar-refractivity contribution in [3.8, 4) is 0 Å².